The van der Waals surface area contributed by atoms with Crippen LogP contribution in [-0.4, -0.2) is 20.1 Å². The monoisotopic (exact) mass is 251 g/mol. The first kappa shape index (κ1) is 11.5. The largest absolute Gasteiger partial charge is 0.505 e. The lowest BCUT2D eigenvalue weighted by Gasteiger charge is -2.07. The number of aryl methyl sites for hydroxylation is 1. The van der Waals surface area contributed by atoms with Gasteiger partial charge in [0.25, 0.3) is 0 Å². The molecule has 19 heavy (non-hydrogen) atoms. The molecule has 2 aromatic carbocycles. The molecule has 1 aromatic heterocycles. The van der Waals surface area contributed by atoms with Crippen molar-refractivity contribution in [3.05, 3.63) is 54.1 Å². The lowest BCUT2D eigenvalue weighted by molar-refractivity contribution is 0.466. The van der Waals surface area contributed by atoms with Gasteiger partial charge in [0.05, 0.1) is 0 Å². The fourth-order valence-corrected chi connectivity index (χ4v) is 2.06. The van der Waals surface area contributed by atoms with Crippen LogP contribution in [0.25, 0.3) is 22.8 Å². The molecule has 3 rings (SSSR count). The number of aromatic nitrogens is 3. The SMILES string of the molecule is C=Cc1cc(C)cc(-n2nc3ccccc3n2)c1O. The number of aromatic hydroxyl groups is 1. The minimum absolute atomic E-state index is 0.140. The third-order valence-corrected chi connectivity index (χ3v) is 2.99. The van der Waals surface area contributed by atoms with E-state index in [0.29, 0.717) is 11.3 Å². The van der Waals surface area contributed by atoms with Crippen molar-refractivity contribution >= 4 is 17.1 Å². The minimum Gasteiger partial charge on any atom is -0.505 e. The molecule has 1 N–H and O–H groups in total. The normalized spacial score (nSPS) is 10.8. The molecule has 0 bridgehead atoms. The highest BCUT2D eigenvalue weighted by atomic mass is 16.3. The van der Waals surface area contributed by atoms with E-state index in [2.05, 4.69) is 16.8 Å². The molecule has 4 nitrogen and oxygen atoms in total. The number of nitrogens with zero attached hydrogens (tertiary/aromatic N) is 3. The standard InChI is InChI=1S/C15H13N3O/c1-3-11-8-10(2)9-14(15(11)19)18-16-12-6-4-5-7-13(12)17-18/h3-9,19H,1H2,2H3. The van der Waals surface area contributed by atoms with Crippen LogP contribution in [0.5, 0.6) is 5.75 Å². The van der Waals surface area contributed by atoms with E-state index in [1.165, 1.54) is 4.80 Å². The maximum absolute atomic E-state index is 10.2. The molecule has 1 heterocycles. The molecular formula is C15H13N3O. The molecule has 0 atom stereocenters. The van der Waals surface area contributed by atoms with Crippen LogP contribution < -0.4 is 0 Å². The van der Waals surface area contributed by atoms with Gasteiger partial charge in [0.15, 0.2) is 0 Å². The van der Waals surface area contributed by atoms with Crippen molar-refractivity contribution in [2.24, 2.45) is 0 Å². The number of fused-ring (bicyclic) bond motifs is 1. The van der Waals surface area contributed by atoms with Gasteiger partial charge in [0, 0.05) is 5.56 Å². The molecule has 0 radical (unpaired) electrons. The summed E-state index contributed by atoms with van der Waals surface area (Å²) < 4.78 is 0. The molecule has 0 saturated carbocycles. The fourth-order valence-electron chi connectivity index (χ4n) is 2.06. The van der Waals surface area contributed by atoms with Crippen molar-refractivity contribution in [3.63, 3.8) is 0 Å². The zero-order valence-corrected chi connectivity index (χ0v) is 10.5. The Labute approximate surface area is 110 Å². The van der Waals surface area contributed by atoms with Crippen LogP contribution in [0.3, 0.4) is 0 Å². The second-order valence-corrected chi connectivity index (χ2v) is 4.40. The maximum Gasteiger partial charge on any atom is 0.150 e. The van der Waals surface area contributed by atoms with E-state index in [-0.39, 0.29) is 5.75 Å². The highest BCUT2D eigenvalue weighted by Gasteiger charge is 2.11. The average molecular weight is 251 g/mol. The predicted octanol–water partition coefficient (Wildman–Crippen LogP) is 3.08. The second-order valence-electron chi connectivity index (χ2n) is 4.40. The first-order valence-electron chi connectivity index (χ1n) is 5.97. The topological polar surface area (TPSA) is 50.9 Å². The van der Waals surface area contributed by atoms with Gasteiger partial charge in [0.2, 0.25) is 0 Å². The van der Waals surface area contributed by atoms with Gasteiger partial charge in [-0.15, -0.1) is 15.0 Å². The molecule has 94 valence electrons. The Kier molecular flexibility index (Phi) is 2.56. The summed E-state index contributed by atoms with van der Waals surface area (Å²) in [5.41, 5.74) is 3.85. The van der Waals surface area contributed by atoms with Gasteiger partial charge < -0.3 is 5.11 Å². The Balaban J connectivity index is 2.26. The average Bonchev–Trinajstić information content (AvgIpc) is 2.84. The number of rotatable bonds is 2. The molecule has 4 heteroatoms. The summed E-state index contributed by atoms with van der Waals surface area (Å²) in [7, 11) is 0. The Bertz CT molecular complexity index is 741. The van der Waals surface area contributed by atoms with Crippen LogP contribution in [0.15, 0.2) is 43.0 Å². The van der Waals surface area contributed by atoms with E-state index in [4.69, 9.17) is 0 Å². The smallest absolute Gasteiger partial charge is 0.150 e. The minimum atomic E-state index is 0.140. The molecule has 0 unspecified atom stereocenters. The number of phenols is 1. The first-order chi connectivity index (χ1) is 9.19. The molecule has 0 saturated heterocycles. The van der Waals surface area contributed by atoms with Gasteiger partial charge in [-0.25, -0.2) is 0 Å². The summed E-state index contributed by atoms with van der Waals surface area (Å²) in [5.74, 6) is 0.140. The van der Waals surface area contributed by atoms with Gasteiger partial charge in [-0.3, -0.25) is 0 Å². The van der Waals surface area contributed by atoms with Crippen molar-refractivity contribution in [2.45, 2.75) is 6.92 Å². The third-order valence-electron chi connectivity index (χ3n) is 2.99. The Morgan fingerprint density at radius 1 is 1.16 bits per heavy atom. The summed E-state index contributed by atoms with van der Waals surface area (Å²) in [6.07, 6.45) is 1.62. The molecule has 0 spiro atoms. The van der Waals surface area contributed by atoms with Gasteiger partial charge in [-0.05, 0) is 36.8 Å². The second kappa shape index (κ2) is 4.24. The van der Waals surface area contributed by atoms with Crippen LogP contribution >= 0.6 is 0 Å². The van der Waals surface area contributed by atoms with Crippen molar-refractivity contribution in [2.75, 3.05) is 0 Å². The molecule has 0 aliphatic heterocycles. The highest BCUT2D eigenvalue weighted by Crippen LogP contribution is 2.28. The summed E-state index contributed by atoms with van der Waals surface area (Å²) in [4.78, 5) is 1.46. The van der Waals surface area contributed by atoms with E-state index in [1.54, 1.807) is 6.08 Å². The van der Waals surface area contributed by atoms with Crippen LogP contribution in [0.4, 0.5) is 0 Å². The molecule has 0 aliphatic carbocycles. The molecular weight excluding hydrogens is 238 g/mol. The number of phenolic OH excluding ortho intramolecular Hbond substituents is 1. The molecule has 0 aliphatic rings. The number of hydrogen-bond donors (Lipinski definition) is 1. The summed E-state index contributed by atoms with van der Waals surface area (Å²) in [5, 5.41) is 19.0. The fraction of sp³-hybridized carbons (Fsp3) is 0.0667. The van der Waals surface area contributed by atoms with E-state index < -0.39 is 0 Å². The van der Waals surface area contributed by atoms with E-state index >= 15 is 0 Å². The predicted molar refractivity (Wildman–Crippen MR) is 75.4 cm³/mol. The lowest BCUT2D eigenvalue weighted by Crippen LogP contribution is -2.00. The molecule has 0 fully saturated rings. The van der Waals surface area contributed by atoms with E-state index in [1.807, 2.05) is 43.3 Å². The van der Waals surface area contributed by atoms with E-state index in [0.717, 1.165) is 16.6 Å². The lowest BCUT2D eigenvalue weighted by atomic mass is 10.1. The van der Waals surface area contributed by atoms with Gasteiger partial charge in [-0.1, -0.05) is 24.8 Å². The first-order valence-corrected chi connectivity index (χ1v) is 5.97. The molecule has 3 aromatic rings. The van der Waals surface area contributed by atoms with Crippen LogP contribution in [0, 0.1) is 6.92 Å². The van der Waals surface area contributed by atoms with Crippen molar-refractivity contribution in [3.8, 4) is 11.4 Å². The Morgan fingerprint density at radius 2 is 1.79 bits per heavy atom. The zero-order chi connectivity index (χ0) is 13.4. The van der Waals surface area contributed by atoms with E-state index in [9.17, 15) is 5.11 Å². The maximum atomic E-state index is 10.2. The Morgan fingerprint density at radius 3 is 2.37 bits per heavy atom. The third kappa shape index (κ3) is 1.87. The summed E-state index contributed by atoms with van der Waals surface area (Å²) in [6, 6.07) is 11.3. The van der Waals surface area contributed by atoms with Crippen LogP contribution in [0.2, 0.25) is 0 Å². The van der Waals surface area contributed by atoms with Crippen LogP contribution in [-0.2, 0) is 0 Å². The quantitative estimate of drug-likeness (QED) is 0.761. The van der Waals surface area contributed by atoms with Gasteiger partial charge >= 0.3 is 0 Å². The van der Waals surface area contributed by atoms with Crippen LogP contribution in [0.1, 0.15) is 11.1 Å². The molecule has 0 amide bonds. The van der Waals surface area contributed by atoms with Crippen molar-refractivity contribution in [1.29, 1.82) is 0 Å². The van der Waals surface area contributed by atoms with Crippen molar-refractivity contribution < 1.29 is 5.11 Å². The summed E-state index contributed by atoms with van der Waals surface area (Å²) in [6.45, 7) is 5.66. The van der Waals surface area contributed by atoms with Gasteiger partial charge in [-0.2, -0.15) is 0 Å². The van der Waals surface area contributed by atoms with Crippen molar-refractivity contribution in [1.82, 2.24) is 15.0 Å². The van der Waals surface area contributed by atoms with Gasteiger partial charge in [0.1, 0.15) is 22.5 Å². The number of benzene rings is 2. The highest BCUT2D eigenvalue weighted by molar-refractivity contribution is 5.74. The number of hydrogen-bond acceptors (Lipinski definition) is 3. The summed E-state index contributed by atoms with van der Waals surface area (Å²) >= 11 is 0. The zero-order valence-electron chi connectivity index (χ0n) is 10.5. The Hall–Kier alpha value is -2.62.